The van der Waals surface area contributed by atoms with Gasteiger partial charge in [-0.25, -0.2) is 18.5 Å². The van der Waals surface area contributed by atoms with Gasteiger partial charge in [-0.1, -0.05) is 6.07 Å². The van der Waals surface area contributed by atoms with Crippen molar-refractivity contribution >= 4 is 38.9 Å². The fraction of sp³-hybridized carbons (Fsp3) is 0.250. The third kappa shape index (κ3) is 4.65. The first kappa shape index (κ1) is 17.6. The summed E-state index contributed by atoms with van der Waals surface area (Å²) in [5.41, 5.74) is 0.699. The zero-order valence-electron chi connectivity index (χ0n) is 13.4. The van der Waals surface area contributed by atoms with E-state index in [2.05, 4.69) is 20.5 Å². The highest BCUT2D eigenvalue weighted by atomic mass is 32.2. The van der Waals surface area contributed by atoms with Gasteiger partial charge in [0.15, 0.2) is 5.11 Å². The first-order chi connectivity index (χ1) is 11.9. The molecule has 1 aliphatic rings. The maximum absolute atomic E-state index is 11.3. The fourth-order valence-electron chi connectivity index (χ4n) is 2.71. The van der Waals surface area contributed by atoms with E-state index in [-0.39, 0.29) is 10.9 Å². The van der Waals surface area contributed by atoms with Crippen LogP contribution in [-0.2, 0) is 10.0 Å². The molecule has 2 heterocycles. The molecule has 1 aromatic carbocycles. The second-order valence-electron chi connectivity index (χ2n) is 5.79. The minimum Gasteiger partial charge on any atom is -0.358 e. The van der Waals surface area contributed by atoms with Crippen LogP contribution in [0.2, 0.25) is 0 Å². The summed E-state index contributed by atoms with van der Waals surface area (Å²) >= 11 is 5.33. The molecule has 1 aliphatic heterocycles. The average Bonchev–Trinajstić information content (AvgIpc) is 3.03. The Hall–Kier alpha value is -2.23. The lowest BCUT2D eigenvalue weighted by Crippen LogP contribution is -2.39. The molecule has 1 fully saturated rings. The molecule has 3 rings (SSSR count). The minimum atomic E-state index is -3.69. The van der Waals surface area contributed by atoms with Crippen LogP contribution in [0.4, 0.5) is 11.5 Å². The van der Waals surface area contributed by atoms with Gasteiger partial charge >= 0.3 is 0 Å². The maximum atomic E-state index is 11.3. The van der Waals surface area contributed by atoms with Gasteiger partial charge in [-0.3, -0.25) is 0 Å². The lowest BCUT2D eigenvalue weighted by molar-refractivity contribution is 0.598. The van der Waals surface area contributed by atoms with Crippen molar-refractivity contribution in [2.75, 3.05) is 23.3 Å². The van der Waals surface area contributed by atoms with Crippen molar-refractivity contribution in [3.05, 3.63) is 48.7 Å². The number of hydrogen-bond donors (Lipinski definition) is 3. The number of primary sulfonamides is 1. The second kappa shape index (κ2) is 7.34. The Morgan fingerprint density at radius 3 is 2.64 bits per heavy atom. The van der Waals surface area contributed by atoms with Gasteiger partial charge in [-0.05, 0) is 55.0 Å². The third-order valence-corrected chi connectivity index (χ3v) is 5.09. The molecule has 1 aromatic heterocycles. The molecule has 25 heavy (non-hydrogen) atoms. The number of sulfonamides is 1. The Kier molecular flexibility index (Phi) is 5.16. The molecule has 0 unspecified atom stereocenters. The summed E-state index contributed by atoms with van der Waals surface area (Å²) in [7, 11) is -3.69. The van der Waals surface area contributed by atoms with Crippen molar-refractivity contribution < 1.29 is 8.42 Å². The number of thiocarbonyl (C=S) groups is 1. The van der Waals surface area contributed by atoms with Crippen LogP contribution in [-0.4, -0.2) is 37.6 Å². The molecule has 1 saturated heterocycles. The van der Waals surface area contributed by atoms with Crippen LogP contribution >= 0.6 is 12.2 Å². The lowest BCUT2D eigenvalue weighted by Gasteiger charge is -2.19. The number of hydrogen-bond acceptors (Lipinski definition) is 5. The van der Waals surface area contributed by atoms with Crippen LogP contribution in [0.25, 0.3) is 0 Å². The molecule has 2 aromatic rings. The van der Waals surface area contributed by atoms with Crippen molar-refractivity contribution in [1.29, 1.82) is 0 Å². The van der Waals surface area contributed by atoms with Gasteiger partial charge in [0, 0.05) is 31.0 Å². The first-order valence-corrected chi connectivity index (χ1v) is 9.73. The number of nitrogens with two attached hydrogens (primary N) is 1. The molecule has 1 atom stereocenters. The standard InChI is InChI=1S/C16H19N5O2S2/c17-25(22,23)14-6-4-12(5-7-14)19-16(24)20-13-8-10-21(11-13)15-3-1-2-9-18-15/h1-7,9,13H,8,10-11H2,(H2,17,22,23)(H2,19,20,24)/t13-/m1/s1. The number of benzene rings is 1. The quantitative estimate of drug-likeness (QED) is 0.691. The summed E-state index contributed by atoms with van der Waals surface area (Å²) in [4.78, 5) is 6.64. The zero-order chi connectivity index (χ0) is 17.9. The van der Waals surface area contributed by atoms with Crippen molar-refractivity contribution in [3.63, 3.8) is 0 Å². The molecule has 9 heteroatoms. The van der Waals surface area contributed by atoms with E-state index in [1.807, 2.05) is 18.2 Å². The van der Waals surface area contributed by atoms with Gasteiger partial charge < -0.3 is 15.5 Å². The van der Waals surface area contributed by atoms with Crippen LogP contribution in [0.1, 0.15) is 6.42 Å². The highest BCUT2D eigenvalue weighted by Gasteiger charge is 2.23. The van der Waals surface area contributed by atoms with E-state index in [4.69, 9.17) is 17.4 Å². The molecular weight excluding hydrogens is 358 g/mol. The number of aromatic nitrogens is 1. The number of nitrogens with one attached hydrogen (secondary N) is 2. The SMILES string of the molecule is NS(=O)(=O)c1ccc(NC(=S)N[C@@H]2CCN(c3ccccn3)C2)cc1. The summed E-state index contributed by atoms with van der Waals surface area (Å²) in [5.74, 6) is 0.962. The van der Waals surface area contributed by atoms with E-state index in [1.165, 1.54) is 12.1 Å². The molecular formula is C16H19N5O2S2. The molecule has 7 nitrogen and oxygen atoms in total. The number of anilines is 2. The van der Waals surface area contributed by atoms with Gasteiger partial charge in [0.1, 0.15) is 5.82 Å². The zero-order valence-corrected chi connectivity index (χ0v) is 15.1. The monoisotopic (exact) mass is 377 g/mol. The van der Waals surface area contributed by atoms with Crippen molar-refractivity contribution in [1.82, 2.24) is 10.3 Å². The molecule has 132 valence electrons. The Bertz CT molecular complexity index is 841. The van der Waals surface area contributed by atoms with Crippen molar-refractivity contribution in [2.24, 2.45) is 5.14 Å². The van der Waals surface area contributed by atoms with Crippen LogP contribution in [0.5, 0.6) is 0 Å². The Morgan fingerprint density at radius 2 is 2.00 bits per heavy atom. The molecule has 0 spiro atoms. The molecule has 0 aliphatic carbocycles. The smallest absolute Gasteiger partial charge is 0.238 e. The highest BCUT2D eigenvalue weighted by molar-refractivity contribution is 7.89. The summed E-state index contributed by atoms with van der Waals surface area (Å²) in [5, 5.41) is 11.9. The lowest BCUT2D eigenvalue weighted by atomic mass is 10.3. The van der Waals surface area contributed by atoms with Crippen LogP contribution in [0.3, 0.4) is 0 Å². The topological polar surface area (TPSA) is 100 Å². The molecule has 0 saturated carbocycles. The molecule has 0 radical (unpaired) electrons. The van der Waals surface area contributed by atoms with Crippen molar-refractivity contribution in [2.45, 2.75) is 17.4 Å². The van der Waals surface area contributed by atoms with E-state index in [0.29, 0.717) is 10.8 Å². The van der Waals surface area contributed by atoms with Gasteiger partial charge in [-0.15, -0.1) is 0 Å². The predicted octanol–water partition coefficient (Wildman–Crippen LogP) is 1.29. The highest BCUT2D eigenvalue weighted by Crippen LogP contribution is 2.18. The van der Waals surface area contributed by atoms with Gasteiger partial charge in [0.25, 0.3) is 0 Å². The number of nitrogens with zero attached hydrogens (tertiary/aromatic N) is 2. The van der Waals surface area contributed by atoms with Crippen molar-refractivity contribution in [3.8, 4) is 0 Å². The van der Waals surface area contributed by atoms with E-state index in [0.717, 1.165) is 25.3 Å². The third-order valence-electron chi connectivity index (χ3n) is 3.94. The number of pyridine rings is 1. The largest absolute Gasteiger partial charge is 0.358 e. The van der Waals surface area contributed by atoms with Crippen LogP contribution in [0, 0.1) is 0 Å². The van der Waals surface area contributed by atoms with Crippen LogP contribution in [0.15, 0.2) is 53.6 Å². The Labute approximate surface area is 152 Å². The number of rotatable bonds is 4. The second-order valence-corrected chi connectivity index (χ2v) is 7.76. The summed E-state index contributed by atoms with van der Waals surface area (Å²) in [6, 6.07) is 12.2. The van der Waals surface area contributed by atoms with Gasteiger partial charge in [0.05, 0.1) is 4.90 Å². The van der Waals surface area contributed by atoms with E-state index >= 15 is 0 Å². The molecule has 0 amide bonds. The van der Waals surface area contributed by atoms with Gasteiger partial charge in [0.2, 0.25) is 10.0 Å². The van der Waals surface area contributed by atoms with Gasteiger partial charge in [-0.2, -0.15) is 0 Å². The van der Waals surface area contributed by atoms with E-state index in [9.17, 15) is 8.42 Å². The molecule has 4 N–H and O–H groups in total. The predicted molar refractivity (Wildman–Crippen MR) is 102 cm³/mol. The normalized spacial score (nSPS) is 17.3. The first-order valence-electron chi connectivity index (χ1n) is 7.78. The maximum Gasteiger partial charge on any atom is 0.238 e. The summed E-state index contributed by atoms with van der Waals surface area (Å²) < 4.78 is 22.5. The summed E-state index contributed by atoms with van der Waals surface area (Å²) in [6.45, 7) is 1.74. The molecule has 0 bridgehead atoms. The Balaban J connectivity index is 1.53. The average molecular weight is 377 g/mol. The van der Waals surface area contributed by atoms with Crippen LogP contribution < -0.4 is 20.7 Å². The summed E-state index contributed by atoms with van der Waals surface area (Å²) in [6.07, 6.45) is 2.75. The Morgan fingerprint density at radius 1 is 1.24 bits per heavy atom. The fourth-order valence-corrected chi connectivity index (χ4v) is 3.51. The van der Waals surface area contributed by atoms with E-state index in [1.54, 1.807) is 18.3 Å². The minimum absolute atomic E-state index is 0.0683. The van der Waals surface area contributed by atoms with E-state index < -0.39 is 10.0 Å².